The molecule has 5 nitrogen and oxygen atoms in total. The van der Waals surface area contributed by atoms with Gasteiger partial charge in [0.05, 0.1) is 12.6 Å². The molecule has 1 heterocycles. The van der Waals surface area contributed by atoms with E-state index in [4.69, 9.17) is 4.74 Å². The van der Waals surface area contributed by atoms with E-state index in [-0.39, 0.29) is 18.6 Å². The number of carbonyl (C=O) groups excluding carboxylic acids is 1. The van der Waals surface area contributed by atoms with Crippen molar-refractivity contribution in [1.29, 1.82) is 0 Å². The molecule has 106 valence electrons. The van der Waals surface area contributed by atoms with Crippen LogP contribution in [0.15, 0.2) is 12.4 Å². The molecule has 0 bridgehead atoms. The van der Waals surface area contributed by atoms with Gasteiger partial charge in [-0.3, -0.25) is 4.79 Å². The van der Waals surface area contributed by atoms with Crippen molar-refractivity contribution in [3.63, 3.8) is 0 Å². The summed E-state index contributed by atoms with van der Waals surface area (Å²) < 4.78 is 7.57. The zero-order valence-electron chi connectivity index (χ0n) is 11.8. The lowest BCUT2D eigenvalue weighted by atomic mass is 9.89. The molecule has 1 aromatic rings. The lowest BCUT2D eigenvalue weighted by Crippen LogP contribution is -2.31. The minimum absolute atomic E-state index is 0.0683. The monoisotopic (exact) mass is 265 g/mol. The van der Waals surface area contributed by atoms with E-state index in [0.29, 0.717) is 6.54 Å². The second-order valence-electron chi connectivity index (χ2n) is 5.44. The summed E-state index contributed by atoms with van der Waals surface area (Å²) in [4.78, 5) is 15.9. The van der Waals surface area contributed by atoms with Crippen LogP contribution >= 0.6 is 0 Å². The van der Waals surface area contributed by atoms with Crippen LogP contribution in [0.3, 0.4) is 0 Å². The number of nitrogens with zero attached hydrogens (tertiary/aromatic N) is 2. The summed E-state index contributed by atoms with van der Waals surface area (Å²) in [5, 5.41) is 2.83. The third-order valence-electron chi connectivity index (χ3n) is 3.70. The Hall–Kier alpha value is -1.36. The molecule has 0 unspecified atom stereocenters. The fourth-order valence-electron chi connectivity index (χ4n) is 2.52. The summed E-state index contributed by atoms with van der Waals surface area (Å²) in [7, 11) is 1.91. The fraction of sp³-hybridized carbons (Fsp3) is 0.714. The van der Waals surface area contributed by atoms with Crippen molar-refractivity contribution in [3.05, 3.63) is 18.2 Å². The molecule has 0 spiro atoms. The summed E-state index contributed by atoms with van der Waals surface area (Å²) in [6.45, 7) is 2.85. The molecule has 0 aliphatic heterocycles. The molecule has 2 rings (SSSR count). The zero-order chi connectivity index (χ0) is 13.7. The Morgan fingerprint density at radius 3 is 3.11 bits per heavy atom. The van der Waals surface area contributed by atoms with Crippen LogP contribution in [0, 0.1) is 5.92 Å². The first kappa shape index (κ1) is 14.1. The molecular weight excluding hydrogens is 242 g/mol. The third-order valence-corrected chi connectivity index (χ3v) is 3.70. The molecule has 5 heteroatoms. The topological polar surface area (TPSA) is 56.1 Å². The van der Waals surface area contributed by atoms with Gasteiger partial charge in [-0.25, -0.2) is 4.98 Å². The van der Waals surface area contributed by atoms with Gasteiger partial charge < -0.3 is 14.6 Å². The molecule has 0 saturated heterocycles. The lowest BCUT2D eigenvalue weighted by Gasteiger charge is -2.26. The van der Waals surface area contributed by atoms with E-state index in [2.05, 4.69) is 17.2 Å². The van der Waals surface area contributed by atoms with Gasteiger partial charge in [-0.05, 0) is 18.8 Å². The van der Waals surface area contributed by atoms with Crippen LogP contribution < -0.4 is 5.32 Å². The molecule has 1 aliphatic carbocycles. The predicted octanol–water partition coefficient (Wildman–Crippen LogP) is 1.63. The van der Waals surface area contributed by atoms with Crippen molar-refractivity contribution < 1.29 is 9.53 Å². The first-order valence-corrected chi connectivity index (χ1v) is 6.99. The third kappa shape index (κ3) is 4.35. The zero-order valence-corrected chi connectivity index (χ0v) is 11.8. The summed E-state index contributed by atoms with van der Waals surface area (Å²) >= 11 is 0. The first-order valence-electron chi connectivity index (χ1n) is 6.99. The van der Waals surface area contributed by atoms with Crippen molar-refractivity contribution in [2.24, 2.45) is 13.0 Å². The van der Waals surface area contributed by atoms with Gasteiger partial charge in [-0.15, -0.1) is 0 Å². The standard InChI is InChI=1S/C14H23N3O2/c1-11-4-3-5-12(8-11)19-10-14(18)16-9-13-15-6-7-17(13)2/h6-7,11-12H,3-5,8-10H2,1-2H3,(H,16,18)/t11-,12+/m1/s1. The number of aryl methyl sites for hydroxylation is 1. The van der Waals surface area contributed by atoms with Crippen LogP contribution in [-0.2, 0) is 23.1 Å². The molecule has 1 N–H and O–H groups in total. The minimum atomic E-state index is -0.0683. The number of hydrogen-bond donors (Lipinski definition) is 1. The van der Waals surface area contributed by atoms with Crippen LogP contribution in [0.2, 0.25) is 0 Å². The predicted molar refractivity (Wildman–Crippen MR) is 72.4 cm³/mol. The maximum Gasteiger partial charge on any atom is 0.246 e. The lowest BCUT2D eigenvalue weighted by molar-refractivity contribution is -0.128. The van der Waals surface area contributed by atoms with E-state index in [1.54, 1.807) is 6.20 Å². The smallest absolute Gasteiger partial charge is 0.246 e. The van der Waals surface area contributed by atoms with Gasteiger partial charge in [0, 0.05) is 19.4 Å². The van der Waals surface area contributed by atoms with E-state index in [0.717, 1.165) is 24.6 Å². The number of aromatic nitrogens is 2. The minimum Gasteiger partial charge on any atom is -0.368 e. The Morgan fingerprint density at radius 2 is 2.42 bits per heavy atom. The largest absolute Gasteiger partial charge is 0.368 e. The molecule has 1 amide bonds. The quantitative estimate of drug-likeness (QED) is 0.880. The second kappa shape index (κ2) is 6.70. The van der Waals surface area contributed by atoms with Crippen LogP contribution in [0.25, 0.3) is 0 Å². The van der Waals surface area contributed by atoms with E-state index < -0.39 is 0 Å². The molecule has 0 radical (unpaired) electrons. The molecule has 2 atom stereocenters. The van der Waals surface area contributed by atoms with E-state index in [1.165, 1.54) is 12.8 Å². The van der Waals surface area contributed by atoms with Crippen molar-refractivity contribution in [2.45, 2.75) is 45.3 Å². The van der Waals surface area contributed by atoms with Gasteiger partial charge in [-0.2, -0.15) is 0 Å². The van der Waals surface area contributed by atoms with Gasteiger partial charge in [0.25, 0.3) is 0 Å². The van der Waals surface area contributed by atoms with Gasteiger partial charge in [-0.1, -0.05) is 19.8 Å². The van der Waals surface area contributed by atoms with Crippen molar-refractivity contribution in [2.75, 3.05) is 6.61 Å². The van der Waals surface area contributed by atoms with Crippen molar-refractivity contribution in [3.8, 4) is 0 Å². The van der Waals surface area contributed by atoms with Gasteiger partial charge in [0.2, 0.25) is 5.91 Å². The van der Waals surface area contributed by atoms with Crippen LogP contribution in [0.4, 0.5) is 0 Å². The normalized spacial score (nSPS) is 23.3. The Morgan fingerprint density at radius 1 is 1.58 bits per heavy atom. The molecule has 1 fully saturated rings. The average Bonchev–Trinajstić information content (AvgIpc) is 2.80. The highest BCUT2D eigenvalue weighted by atomic mass is 16.5. The maximum atomic E-state index is 11.7. The average molecular weight is 265 g/mol. The Labute approximate surface area is 114 Å². The number of rotatable bonds is 5. The SMILES string of the molecule is C[C@@H]1CCC[C@H](OCC(=O)NCc2nccn2C)C1. The summed E-state index contributed by atoms with van der Waals surface area (Å²) in [5.74, 6) is 1.50. The Kier molecular flexibility index (Phi) is 4.96. The first-order chi connectivity index (χ1) is 9.15. The van der Waals surface area contributed by atoms with E-state index >= 15 is 0 Å². The summed E-state index contributed by atoms with van der Waals surface area (Å²) in [6.07, 6.45) is 8.49. The van der Waals surface area contributed by atoms with Crippen molar-refractivity contribution in [1.82, 2.24) is 14.9 Å². The summed E-state index contributed by atoms with van der Waals surface area (Å²) in [5.41, 5.74) is 0. The molecule has 1 saturated carbocycles. The molecule has 0 aromatic carbocycles. The van der Waals surface area contributed by atoms with Gasteiger partial charge >= 0.3 is 0 Å². The second-order valence-corrected chi connectivity index (χ2v) is 5.44. The van der Waals surface area contributed by atoms with E-state index in [9.17, 15) is 4.79 Å². The summed E-state index contributed by atoms with van der Waals surface area (Å²) in [6, 6.07) is 0. The highest BCUT2D eigenvalue weighted by molar-refractivity contribution is 5.77. The Balaban J connectivity index is 1.66. The van der Waals surface area contributed by atoms with Crippen LogP contribution in [0.5, 0.6) is 0 Å². The number of nitrogens with one attached hydrogen (secondary N) is 1. The molecular formula is C14H23N3O2. The number of amides is 1. The number of carbonyl (C=O) groups is 1. The fourth-order valence-corrected chi connectivity index (χ4v) is 2.52. The van der Waals surface area contributed by atoms with Gasteiger partial charge in [0.1, 0.15) is 12.4 Å². The number of ether oxygens (including phenoxy) is 1. The number of imidazole rings is 1. The Bertz CT molecular complexity index is 417. The molecule has 19 heavy (non-hydrogen) atoms. The van der Waals surface area contributed by atoms with E-state index in [1.807, 2.05) is 17.8 Å². The van der Waals surface area contributed by atoms with Crippen LogP contribution in [0.1, 0.15) is 38.4 Å². The molecule has 1 aliphatic rings. The highest BCUT2D eigenvalue weighted by Crippen LogP contribution is 2.25. The highest BCUT2D eigenvalue weighted by Gasteiger charge is 2.20. The van der Waals surface area contributed by atoms with Crippen molar-refractivity contribution >= 4 is 5.91 Å². The van der Waals surface area contributed by atoms with Crippen LogP contribution in [-0.4, -0.2) is 28.2 Å². The molecule has 1 aromatic heterocycles. The van der Waals surface area contributed by atoms with Gasteiger partial charge in [0.15, 0.2) is 0 Å². The maximum absolute atomic E-state index is 11.7. The number of hydrogen-bond acceptors (Lipinski definition) is 3.